The Morgan fingerprint density at radius 1 is 0.557 bits per heavy atom. The third-order valence-electron chi connectivity index (χ3n) is 14.4. The maximum absolute atomic E-state index is 12.9. The van der Waals surface area contributed by atoms with Crippen LogP contribution in [-0.2, 0) is 71.2 Å². The first-order valence-electron chi connectivity index (χ1n) is 23.8. The number of quaternary nitrogens is 2. The van der Waals surface area contributed by atoms with E-state index in [4.69, 9.17) is 37.9 Å². The summed E-state index contributed by atoms with van der Waals surface area (Å²) >= 11 is 0. The predicted octanol–water partition coefficient (Wildman–Crippen LogP) is 5.40. The smallest absolute Gasteiger partial charge is 0.331 e. The largest absolute Gasteiger partial charge is 0.496 e. The van der Waals surface area contributed by atoms with Gasteiger partial charge in [0.15, 0.2) is 23.0 Å². The summed E-state index contributed by atoms with van der Waals surface area (Å²) in [6.07, 6.45) is 5.99. The minimum atomic E-state index is -0.659. The summed E-state index contributed by atoms with van der Waals surface area (Å²) in [5, 5.41) is 40.9. The molecule has 0 aromatic heterocycles. The van der Waals surface area contributed by atoms with E-state index in [0.717, 1.165) is 60.5 Å². The van der Waals surface area contributed by atoms with Crippen molar-refractivity contribution >= 4 is 11.9 Å². The fourth-order valence-electron chi connectivity index (χ4n) is 10.6. The number of hydrogen-bond donors (Lipinski definition) is 4. The number of aliphatic hydroxyl groups is 4. The van der Waals surface area contributed by atoms with Crippen molar-refractivity contribution in [2.75, 3.05) is 96.1 Å². The zero-order valence-electron chi connectivity index (χ0n) is 42.0. The maximum atomic E-state index is 12.9. The first kappa shape index (κ1) is 53.5. The highest BCUT2D eigenvalue weighted by Gasteiger charge is 2.43. The van der Waals surface area contributed by atoms with Crippen LogP contribution in [-0.4, -0.2) is 137 Å². The van der Waals surface area contributed by atoms with E-state index in [0.29, 0.717) is 104 Å². The molecule has 2 heterocycles. The van der Waals surface area contributed by atoms with Crippen molar-refractivity contribution in [3.8, 4) is 34.5 Å². The van der Waals surface area contributed by atoms with Crippen LogP contribution in [0, 0.1) is 0 Å². The lowest BCUT2D eigenvalue weighted by molar-refractivity contribution is -0.941. The minimum absolute atomic E-state index is 0.0456. The Balaban J connectivity index is 1.08. The van der Waals surface area contributed by atoms with E-state index >= 15 is 0 Å². The third kappa shape index (κ3) is 11.8. The number of carbonyl (C=O) groups excluding carboxylic acids is 2. The number of likely N-dealkylation sites (N-methyl/N-ethyl adjacent to an activating group) is 2. The number of methoxy groups -OCH3 is 6. The Kier molecular flexibility index (Phi) is 18.6. The van der Waals surface area contributed by atoms with Crippen LogP contribution in [0.4, 0.5) is 0 Å². The standard InChI is InChI=1S/C54H72N2O14/c1-55(19-15-37-29-49(66-6)50(67-7)30-41(37)44(55)24-35-11-12-46(63-3)48(26-35)65-5)17-9-21-69-51(61)13-14-52(62)70-22-10-18-56(2)20-16-38-28-40(32-58)43(34-60)54(68-8)53(38)45(56)25-36-23-39(31-57)42(33-59)47(27-36)64-4/h11-14,23,26-30,44-45,57-60H,9-10,15-22,24-25,31-34H2,1-8H3/q+2/b14-13+. The summed E-state index contributed by atoms with van der Waals surface area (Å²) in [7, 11) is 14.0. The van der Waals surface area contributed by atoms with Gasteiger partial charge in [-0.1, -0.05) is 18.2 Å². The Hall–Kier alpha value is -5.88. The second-order valence-electron chi connectivity index (χ2n) is 18.5. The number of aliphatic hydroxyl groups excluding tert-OH is 4. The van der Waals surface area contributed by atoms with E-state index < -0.39 is 11.9 Å². The molecule has 0 saturated heterocycles. The molecule has 16 nitrogen and oxygen atoms in total. The van der Waals surface area contributed by atoms with Gasteiger partial charge in [-0.25, -0.2) is 9.59 Å². The van der Waals surface area contributed by atoms with Crippen molar-refractivity contribution < 1.29 is 76.9 Å². The summed E-state index contributed by atoms with van der Waals surface area (Å²) < 4.78 is 46.5. The number of fused-ring (bicyclic) bond motifs is 2. The summed E-state index contributed by atoms with van der Waals surface area (Å²) in [5.74, 6) is 2.37. The molecule has 4 N–H and O–H groups in total. The van der Waals surface area contributed by atoms with Crippen molar-refractivity contribution in [2.24, 2.45) is 0 Å². The highest BCUT2D eigenvalue weighted by Crippen LogP contribution is 2.47. The SMILES string of the molecule is COc1ccc(CC2c3cc(OC)c(OC)cc3CC[N+]2(C)CCCOC(=O)/C=C/C(=O)OCCC[N+]2(C)CCc3cc(CO)c(CO)c(OC)c3C2Cc2cc(CO)c(CO)c(OC)c2)cc1OC. The van der Waals surface area contributed by atoms with Crippen LogP contribution in [0.3, 0.4) is 0 Å². The van der Waals surface area contributed by atoms with Gasteiger partial charge in [0, 0.05) is 67.4 Å². The molecule has 6 rings (SSSR count). The molecule has 2 aliphatic rings. The normalized spacial score (nSPS) is 19.5. The van der Waals surface area contributed by atoms with Gasteiger partial charge in [-0.3, -0.25) is 0 Å². The molecule has 16 heteroatoms. The van der Waals surface area contributed by atoms with E-state index in [9.17, 15) is 30.0 Å². The molecule has 0 radical (unpaired) electrons. The van der Waals surface area contributed by atoms with E-state index in [1.54, 1.807) is 35.5 Å². The lowest BCUT2D eigenvalue weighted by Crippen LogP contribution is -2.53. The second-order valence-corrected chi connectivity index (χ2v) is 18.5. The van der Waals surface area contributed by atoms with Crippen LogP contribution < -0.4 is 28.4 Å². The average Bonchev–Trinajstić information content (AvgIpc) is 3.38. The van der Waals surface area contributed by atoms with Gasteiger partial charge >= 0.3 is 11.9 Å². The highest BCUT2D eigenvalue weighted by atomic mass is 16.5. The Morgan fingerprint density at radius 2 is 1.07 bits per heavy atom. The molecule has 0 saturated carbocycles. The Morgan fingerprint density at radius 3 is 1.63 bits per heavy atom. The lowest BCUT2D eigenvalue weighted by atomic mass is 9.82. The monoisotopic (exact) mass is 972 g/mol. The van der Waals surface area contributed by atoms with Crippen LogP contribution in [0.5, 0.6) is 34.5 Å². The molecule has 0 spiro atoms. The molecule has 0 bridgehead atoms. The topological polar surface area (TPSA) is 189 Å². The van der Waals surface area contributed by atoms with Gasteiger partial charge in [0.1, 0.15) is 23.6 Å². The fraction of sp³-hybridized carbons (Fsp3) is 0.481. The molecule has 0 amide bonds. The summed E-state index contributed by atoms with van der Waals surface area (Å²) in [4.78, 5) is 25.8. The van der Waals surface area contributed by atoms with Crippen LogP contribution in [0.15, 0.2) is 60.7 Å². The molecule has 0 fully saturated rings. The van der Waals surface area contributed by atoms with E-state index in [-0.39, 0.29) is 51.7 Å². The Bertz CT molecular complexity index is 2470. The summed E-state index contributed by atoms with van der Waals surface area (Å²) in [6.45, 7) is 2.02. The second kappa shape index (κ2) is 24.3. The lowest BCUT2D eigenvalue weighted by Gasteiger charge is -2.46. The van der Waals surface area contributed by atoms with Crippen molar-refractivity contribution in [1.29, 1.82) is 0 Å². The van der Waals surface area contributed by atoms with Crippen molar-refractivity contribution in [1.82, 2.24) is 0 Å². The molecule has 4 unspecified atom stereocenters. The molecular weight excluding hydrogens is 901 g/mol. The quantitative estimate of drug-likeness (QED) is 0.0302. The zero-order chi connectivity index (χ0) is 50.6. The number of nitrogens with zero attached hydrogens (tertiary/aromatic N) is 2. The van der Waals surface area contributed by atoms with Gasteiger partial charge in [0.25, 0.3) is 0 Å². The first-order valence-corrected chi connectivity index (χ1v) is 23.8. The summed E-state index contributed by atoms with van der Waals surface area (Å²) in [6, 6.07) is 15.7. The number of rotatable bonds is 24. The number of benzene rings is 4. The zero-order valence-corrected chi connectivity index (χ0v) is 42.0. The molecule has 4 aromatic carbocycles. The van der Waals surface area contributed by atoms with Crippen LogP contribution in [0.1, 0.15) is 80.6 Å². The van der Waals surface area contributed by atoms with Gasteiger partial charge in [-0.05, 0) is 63.7 Å². The van der Waals surface area contributed by atoms with Crippen molar-refractivity contribution in [3.63, 3.8) is 0 Å². The van der Waals surface area contributed by atoms with E-state index in [2.05, 4.69) is 32.3 Å². The van der Waals surface area contributed by atoms with E-state index in [1.165, 1.54) is 18.2 Å². The van der Waals surface area contributed by atoms with Gasteiger partial charge in [-0.15, -0.1) is 0 Å². The molecule has 0 aliphatic carbocycles. The van der Waals surface area contributed by atoms with Crippen molar-refractivity contribution in [2.45, 2.75) is 77.0 Å². The average molecular weight is 973 g/mol. The number of carbonyl (C=O) groups is 2. The number of ether oxygens (including phenoxy) is 8. The predicted molar refractivity (Wildman–Crippen MR) is 261 cm³/mol. The van der Waals surface area contributed by atoms with E-state index in [1.807, 2.05) is 30.3 Å². The molecule has 380 valence electrons. The Labute approximate surface area is 411 Å². The first-order chi connectivity index (χ1) is 33.8. The fourth-order valence-corrected chi connectivity index (χ4v) is 10.6. The number of hydrogen-bond acceptors (Lipinski definition) is 14. The molecule has 4 atom stereocenters. The van der Waals surface area contributed by atoms with Gasteiger partial charge in [-0.2, -0.15) is 0 Å². The van der Waals surface area contributed by atoms with Gasteiger partial charge in [0.05, 0.1) is 128 Å². The van der Waals surface area contributed by atoms with Crippen LogP contribution >= 0.6 is 0 Å². The van der Waals surface area contributed by atoms with Crippen molar-refractivity contribution in [3.05, 3.63) is 116 Å². The minimum Gasteiger partial charge on any atom is -0.496 e. The molecule has 70 heavy (non-hydrogen) atoms. The van der Waals surface area contributed by atoms with Crippen LogP contribution in [0.25, 0.3) is 0 Å². The van der Waals surface area contributed by atoms with Crippen LogP contribution in [0.2, 0.25) is 0 Å². The molecule has 2 aliphatic heterocycles. The number of esters is 2. The van der Waals surface area contributed by atoms with Gasteiger partial charge < -0.3 is 67.3 Å². The maximum Gasteiger partial charge on any atom is 0.331 e. The summed E-state index contributed by atoms with van der Waals surface area (Å²) in [5.41, 5.74) is 8.47. The van der Waals surface area contributed by atoms with Gasteiger partial charge in [0.2, 0.25) is 0 Å². The highest BCUT2D eigenvalue weighted by molar-refractivity contribution is 5.91. The molecule has 4 aromatic rings. The third-order valence-corrected chi connectivity index (χ3v) is 14.4. The molecular formula is C54H72N2O14+2.